The summed E-state index contributed by atoms with van der Waals surface area (Å²) in [4.78, 5) is 1.89. The number of hydrogen-bond acceptors (Lipinski definition) is 2. The number of halogens is 3. The Morgan fingerprint density at radius 3 is 2.56 bits per heavy atom. The molecule has 1 heterocycles. The summed E-state index contributed by atoms with van der Waals surface area (Å²) in [5.41, 5.74) is 0.497. The zero-order valence-corrected chi connectivity index (χ0v) is 14.4. The molecule has 18 heavy (non-hydrogen) atoms. The van der Waals surface area contributed by atoms with E-state index in [2.05, 4.69) is 6.58 Å². The van der Waals surface area contributed by atoms with E-state index in [0.717, 1.165) is 18.4 Å². The normalized spacial score (nSPS) is 15.6. The standard InChI is InChI=1S/C11H14BF3NS.K/c1-9(12(13,14)15)6-16(11-2-3-11)7-10-4-5-17-8-10;/h4-5,8,11H,1-3,6-7H2;/q-1;+1. The Bertz CT molecular complexity index is 389. The van der Waals surface area contributed by atoms with Gasteiger partial charge in [-0.25, -0.2) is 0 Å². The molecular weight excluding hydrogens is 285 g/mol. The van der Waals surface area contributed by atoms with Crippen LogP contribution in [0.3, 0.4) is 0 Å². The minimum absolute atomic E-state index is 0. The van der Waals surface area contributed by atoms with Gasteiger partial charge in [-0.05, 0) is 41.8 Å². The number of nitrogens with zero attached hydrogens (tertiary/aromatic N) is 1. The average molecular weight is 299 g/mol. The predicted molar refractivity (Wildman–Crippen MR) is 66.0 cm³/mol. The average Bonchev–Trinajstić information content (AvgIpc) is 2.95. The zero-order valence-electron chi connectivity index (χ0n) is 10.4. The first-order chi connectivity index (χ1) is 7.97. The molecule has 1 aliphatic rings. The number of thiophene rings is 1. The minimum atomic E-state index is -4.91. The van der Waals surface area contributed by atoms with Crippen molar-refractivity contribution in [2.75, 3.05) is 6.54 Å². The first kappa shape index (κ1) is 16.9. The molecule has 1 aromatic heterocycles. The quantitative estimate of drug-likeness (QED) is 0.698. The van der Waals surface area contributed by atoms with Crippen LogP contribution < -0.4 is 51.4 Å². The van der Waals surface area contributed by atoms with E-state index in [1.165, 1.54) is 0 Å². The predicted octanol–water partition coefficient (Wildman–Crippen LogP) is 0.659. The topological polar surface area (TPSA) is 3.24 Å². The molecule has 0 aliphatic heterocycles. The van der Waals surface area contributed by atoms with Crippen LogP contribution in [0.2, 0.25) is 0 Å². The van der Waals surface area contributed by atoms with Gasteiger partial charge in [0.2, 0.25) is 0 Å². The summed E-state index contributed by atoms with van der Waals surface area (Å²) >= 11 is 1.57. The van der Waals surface area contributed by atoms with Crippen molar-refractivity contribution < 1.29 is 64.3 Å². The largest absolute Gasteiger partial charge is 1.00 e. The van der Waals surface area contributed by atoms with E-state index in [0.29, 0.717) is 12.6 Å². The van der Waals surface area contributed by atoms with Gasteiger partial charge >= 0.3 is 58.4 Å². The van der Waals surface area contributed by atoms with E-state index in [1.807, 2.05) is 21.7 Å². The monoisotopic (exact) mass is 299 g/mol. The van der Waals surface area contributed by atoms with Crippen molar-refractivity contribution in [3.63, 3.8) is 0 Å². The third-order valence-corrected chi connectivity index (χ3v) is 3.63. The summed E-state index contributed by atoms with van der Waals surface area (Å²) in [6, 6.07) is 2.27. The summed E-state index contributed by atoms with van der Waals surface area (Å²) in [5, 5.41) is 3.93. The van der Waals surface area contributed by atoms with Gasteiger partial charge < -0.3 is 12.9 Å². The zero-order chi connectivity index (χ0) is 12.5. The molecule has 0 radical (unpaired) electrons. The Hall–Kier alpha value is 0.891. The van der Waals surface area contributed by atoms with E-state index < -0.39 is 12.4 Å². The van der Waals surface area contributed by atoms with E-state index >= 15 is 0 Å². The van der Waals surface area contributed by atoms with Gasteiger partial charge in [0.25, 0.3) is 0 Å². The van der Waals surface area contributed by atoms with Crippen LogP contribution in [0.15, 0.2) is 28.9 Å². The Morgan fingerprint density at radius 1 is 1.44 bits per heavy atom. The first-order valence-electron chi connectivity index (χ1n) is 5.59. The Morgan fingerprint density at radius 2 is 2.11 bits per heavy atom. The van der Waals surface area contributed by atoms with Crippen LogP contribution in [-0.2, 0) is 6.54 Å². The molecule has 2 rings (SSSR count). The van der Waals surface area contributed by atoms with Crippen molar-refractivity contribution in [3.05, 3.63) is 34.4 Å². The first-order valence-corrected chi connectivity index (χ1v) is 6.54. The van der Waals surface area contributed by atoms with Gasteiger partial charge in [0.1, 0.15) is 0 Å². The molecule has 0 aromatic carbocycles. The van der Waals surface area contributed by atoms with Crippen LogP contribution in [0.1, 0.15) is 18.4 Å². The second-order valence-electron chi connectivity index (χ2n) is 4.50. The van der Waals surface area contributed by atoms with Gasteiger partial charge in [-0.3, -0.25) is 4.90 Å². The third-order valence-electron chi connectivity index (χ3n) is 2.90. The number of hydrogen-bond donors (Lipinski definition) is 0. The molecule has 0 unspecified atom stereocenters. The molecule has 1 nitrogen and oxygen atoms in total. The van der Waals surface area contributed by atoms with Crippen LogP contribution in [-0.4, -0.2) is 24.5 Å². The van der Waals surface area contributed by atoms with Gasteiger partial charge in [0, 0.05) is 12.6 Å². The SMILES string of the molecule is C=C(CN(Cc1ccsc1)C1CC1)[B-](F)(F)F.[K+]. The maximum Gasteiger partial charge on any atom is 1.00 e. The molecule has 0 amide bonds. The van der Waals surface area contributed by atoms with Crippen molar-refractivity contribution in [2.24, 2.45) is 0 Å². The van der Waals surface area contributed by atoms with Crippen LogP contribution >= 0.6 is 11.3 Å². The smallest absolute Gasteiger partial charge is 0.445 e. The van der Waals surface area contributed by atoms with E-state index in [4.69, 9.17) is 0 Å². The minimum Gasteiger partial charge on any atom is -0.445 e. The molecule has 0 spiro atoms. The fraction of sp³-hybridized carbons (Fsp3) is 0.455. The van der Waals surface area contributed by atoms with Gasteiger partial charge in [-0.15, -0.1) is 12.1 Å². The van der Waals surface area contributed by atoms with Crippen LogP contribution in [0.4, 0.5) is 12.9 Å². The third kappa shape index (κ3) is 5.11. The Balaban J connectivity index is 0.00000162. The molecule has 1 aromatic rings. The van der Waals surface area contributed by atoms with E-state index in [1.54, 1.807) is 11.3 Å². The molecule has 1 saturated carbocycles. The van der Waals surface area contributed by atoms with Crippen molar-refractivity contribution in [3.8, 4) is 0 Å². The van der Waals surface area contributed by atoms with Crippen LogP contribution in [0.25, 0.3) is 0 Å². The van der Waals surface area contributed by atoms with Crippen LogP contribution in [0, 0.1) is 0 Å². The van der Waals surface area contributed by atoms with Gasteiger partial charge in [0.15, 0.2) is 0 Å². The Kier molecular flexibility index (Phi) is 6.64. The molecule has 7 heteroatoms. The molecule has 94 valence electrons. The summed E-state index contributed by atoms with van der Waals surface area (Å²) in [5.74, 6) is 0. The molecule has 0 atom stereocenters. The fourth-order valence-corrected chi connectivity index (χ4v) is 2.40. The Labute approximate surface area is 152 Å². The van der Waals surface area contributed by atoms with Crippen molar-refractivity contribution in [2.45, 2.75) is 25.4 Å². The molecule has 1 fully saturated rings. The second kappa shape index (κ2) is 7.06. The second-order valence-corrected chi connectivity index (χ2v) is 5.28. The van der Waals surface area contributed by atoms with Gasteiger partial charge in [-0.1, -0.05) is 0 Å². The van der Waals surface area contributed by atoms with Crippen molar-refractivity contribution in [1.82, 2.24) is 4.90 Å². The molecule has 0 N–H and O–H groups in total. The molecule has 1 aliphatic carbocycles. The summed E-state index contributed by atoms with van der Waals surface area (Å²) in [6.07, 6.45) is 2.00. The maximum absolute atomic E-state index is 12.5. The van der Waals surface area contributed by atoms with Crippen molar-refractivity contribution >= 4 is 18.3 Å². The summed E-state index contributed by atoms with van der Waals surface area (Å²) in [6.45, 7) is -1.19. The molecule has 0 bridgehead atoms. The summed E-state index contributed by atoms with van der Waals surface area (Å²) in [7, 11) is 0. The molecule has 0 saturated heterocycles. The summed E-state index contributed by atoms with van der Waals surface area (Å²) < 4.78 is 37.5. The molecular formula is C11H14BF3KNS. The van der Waals surface area contributed by atoms with Crippen LogP contribution in [0.5, 0.6) is 0 Å². The van der Waals surface area contributed by atoms with Gasteiger partial charge in [-0.2, -0.15) is 11.3 Å². The number of rotatable bonds is 6. The van der Waals surface area contributed by atoms with E-state index in [9.17, 15) is 12.9 Å². The van der Waals surface area contributed by atoms with Crippen molar-refractivity contribution in [1.29, 1.82) is 0 Å². The van der Waals surface area contributed by atoms with E-state index in [-0.39, 0.29) is 57.9 Å². The van der Waals surface area contributed by atoms with Gasteiger partial charge in [0.05, 0.1) is 0 Å². The fourth-order valence-electron chi connectivity index (χ4n) is 1.74. The maximum atomic E-state index is 12.5.